The van der Waals surface area contributed by atoms with Crippen molar-refractivity contribution in [2.45, 2.75) is 59.9 Å². The first-order valence-corrected chi connectivity index (χ1v) is 27.8. The zero-order chi connectivity index (χ0) is 45.8. The molecule has 0 aromatic carbocycles. The van der Waals surface area contributed by atoms with Gasteiger partial charge in [0.2, 0.25) is 11.8 Å². The Bertz CT molecular complexity index is 1270. The van der Waals surface area contributed by atoms with Crippen molar-refractivity contribution in [3.63, 3.8) is 0 Å². The molecule has 0 spiro atoms. The molecule has 0 fully saturated rings. The highest BCUT2D eigenvalue weighted by Crippen LogP contribution is 2.33. The molecule has 2 N–H and O–H groups in total. The maximum atomic E-state index is 13.6. The fourth-order valence-electron chi connectivity index (χ4n) is 5.82. The van der Waals surface area contributed by atoms with Gasteiger partial charge in [-0.15, -0.1) is 35.0 Å². The first-order valence-electron chi connectivity index (χ1n) is 20.4. The van der Waals surface area contributed by atoms with E-state index in [2.05, 4.69) is 19.9 Å². The Kier molecular flexibility index (Phi) is 31.7. The summed E-state index contributed by atoms with van der Waals surface area (Å²) in [6, 6.07) is -0.559. The van der Waals surface area contributed by atoms with Crippen LogP contribution >= 0.6 is 57.6 Å². The molecule has 6 atom stereocenters. The van der Waals surface area contributed by atoms with Crippen LogP contribution in [0.2, 0.25) is 0 Å². The van der Waals surface area contributed by atoms with Crippen LogP contribution in [0.4, 0.5) is 0 Å². The highest BCUT2D eigenvalue weighted by Gasteiger charge is 2.42. The number of hydrogen-bond donors (Lipinski definition) is 2. The molecule has 0 radical (unpaired) electrons. The van der Waals surface area contributed by atoms with Crippen molar-refractivity contribution in [3.05, 3.63) is 0 Å². The number of amides is 2. The molecule has 0 aliphatic rings. The second-order valence-corrected chi connectivity index (χ2v) is 21.4. The summed E-state index contributed by atoms with van der Waals surface area (Å²) in [6.45, 7) is 15.6. The van der Waals surface area contributed by atoms with Crippen molar-refractivity contribution in [2.75, 3.05) is 136 Å². The van der Waals surface area contributed by atoms with Gasteiger partial charge in [0.25, 0.3) is 0 Å². The lowest BCUT2D eigenvalue weighted by molar-refractivity contribution is -0.178. The van der Waals surface area contributed by atoms with Crippen LogP contribution in [0.5, 0.6) is 0 Å². The van der Waals surface area contributed by atoms with Gasteiger partial charge in [-0.25, -0.2) is 0 Å². The number of nitrogens with zero attached hydrogens (tertiary/aromatic N) is 1. The number of carbonyl (C=O) groups excluding carboxylic acids is 6. The molecule has 15 nitrogen and oxygen atoms in total. The monoisotopic (exact) mass is 1040 g/mol. The fourth-order valence-corrected chi connectivity index (χ4v) is 9.83. The van der Waals surface area contributed by atoms with Gasteiger partial charge in [-0.1, -0.05) is 22.6 Å². The maximum absolute atomic E-state index is 13.6. The van der Waals surface area contributed by atoms with E-state index in [9.17, 15) is 28.8 Å². The van der Waals surface area contributed by atoms with E-state index in [1.54, 1.807) is 0 Å². The smallest absolute Gasteiger partial charge is 0.312 e. The maximum Gasteiger partial charge on any atom is 0.312 e. The minimum atomic E-state index is -1.30. The van der Waals surface area contributed by atoms with E-state index < -0.39 is 51.5 Å². The van der Waals surface area contributed by atoms with Crippen LogP contribution in [0.3, 0.4) is 0 Å². The van der Waals surface area contributed by atoms with E-state index in [1.165, 1.54) is 0 Å². The van der Waals surface area contributed by atoms with Gasteiger partial charge in [0.05, 0.1) is 52.5 Å². The van der Waals surface area contributed by atoms with Gasteiger partial charge in [0.15, 0.2) is 5.78 Å². The van der Waals surface area contributed by atoms with Crippen molar-refractivity contribution in [1.29, 1.82) is 0 Å². The van der Waals surface area contributed by atoms with Crippen LogP contribution in [0, 0.1) is 21.7 Å². The minimum Gasteiger partial charge on any atom is -0.464 e. The standard InChI is InChI=1S/C40H76IN3O12P4/c1-37(2,27-58-8)34(48)54-24-40(25-55-35(49)38(3,4)28-59-9,26-56-36(50)39(5,13-19-57)29-60-10)23-53-22-33(47)42-14-16-52-18-17-51-15-11-12-31(45)30(21-44(6)7)43-32(46)20-41/h30,58-60H,11-29,57H2,1-10H3,(H,42,47)(H,43,46). The van der Waals surface area contributed by atoms with Crippen LogP contribution in [0.1, 0.15) is 53.9 Å². The molecule has 6 unspecified atom stereocenters. The Balaban J connectivity index is 5.48. The molecule has 0 saturated heterocycles. The Labute approximate surface area is 381 Å². The topological polar surface area (TPSA) is 185 Å². The zero-order valence-corrected chi connectivity index (χ0v) is 44.1. The number of carbonyl (C=O) groups is 6. The summed E-state index contributed by atoms with van der Waals surface area (Å²) in [5.41, 5.74) is -3.57. The van der Waals surface area contributed by atoms with Gasteiger partial charge >= 0.3 is 17.9 Å². The highest BCUT2D eigenvalue weighted by molar-refractivity contribution is 14.1. The molecule has 2 amide bonds. The molecule has 0 aliphatic heterocycles. The van der Waals surface area contributed by atoms with Crippen LogP contribution in [0.25, 0.3) is 0 Å². The van der Waals surface area contributed by atoms with Gasteiger partial charge < -0.3 is 44.0 Å². The summed E-state index contributed by atoms with van der Waals surface area (Å²) in [4.78, 5) is 79.4. The second kappa shape index (κ2) is 32.0. The van der Waals surface area contributed by atoms with E-state index in [4.69, 9.17) is 28.4 Å². The van der Waals surface area contributed by atoms with E-state index in [1.807, 2.05) is 96.2 Å². The third-order valence-electron chi connectivity index (χ3n) is 9.31. The molecule has 20 heteroatoms. The third kappa shape index (κ3) is 25.0. The van der Waals surface area contributed by atoms with Crippen LogP contribution in [-0.2, 0) is 57.2 Å². The Hall–Kier alpha value is -0.690. The van der Waals surface area contributed by atoms with Gasteiger partial charge in [0, 0.05) is 26.1 Å². The van der Waals surface area contributed by atoms with Crippen LogP contribution < -0.4 is 10.6 Å². The van der Waals surface area contributed by atoms with Crippen molar-refractivity contribution in [2.24, 2.45) is 21.7 Å². The van der Waals surface area contributed by atoms with Crippen molar-refractivity contribution in [1.82, 2.24) is 15.5 Å². The first kappa shape index (κ1) is 59.3. The number of halogens is 1. The summed E-state index contributed by atoms with van der Waals surface area (Å²) in [5.74, 6) is -1.92. The largest absolute Gasteiger partial charge is 0.464 e. The predicted molar refractivity (Wildman–Crippen MR) is 257 cm³/mol. The molecule has 0 heterocycles. The van der Waals surface area contributed by atoms with E-state index in [0.717, 1.165) is 0 Å². The number of esters is 3. The van der Waals surface area contributed by atoms with Gasteiger partial charge in [0.1, 0.15) is 32.5 Å². The Morgan fingerprint density at radius 2 is 1.22 bits per heavy atom. The van der Waals surface area contributed by atoms with Gasteiger partial charge in [-0.05, 0) is 106 Å². The summed E-state index contributed by atoms with van der Waals surface area (Å²) < 4.78 is 35.1. The van der Waals surface area contributed by atoms with Crippen LogP contribution in [0.15, 0.2) is 0 Å². The molecule has 0 aromatic heterocycles. The summed E-state index contributed by atoms with van der Waals surface area (Å²) in [6.07, 6.45) is 3.98. The molecule has 0 bridgehead atoms. The van der Waals surface area contributed by atoms with Crippen molar-refractivity contribution < 1.29 is 57.2 Å². The molecule has 0 rings (SSSR count). The normalized spacial score (nSPS) is 15.0. The number of ketones is 1. The van der Waals surface area contributed by atoms with Crippen LogP contribution in [-0.4, -0.2) is 182 Å². The van der Waals surface area contributed by atoms with E-state index >= 15 is 0 Å². The van der Waals surface area contributed by atoms with E-state index in [0.29, 0.717) is 83.0 Å². The highest BCUT2D eigenvalue weighted by atomic mass is 127. The third-order valence-corrected chi connectivity index (χ3v) is 13.9. The van der Waals surface area contributed by atoms with Crippen molar-refractivity contribution in [3.8, 4) is 0 Å². The summed E-state index contributed by atoms with van der Waals surface area (Å²) >= 11 is 1.96. The molecular formula is C40H76IN3O12P4. The molecule has 60 heavy (non-hydrogen) atoms. The van der Waals surface area contributed by atoms with Crippen molar-refractivity contribution >= 4 is 93.1 Å². The minimum absolute atomic E-state index is 0.0437. The number of Topliss-reactive ketones (excluding diaryl/α,β-unsaturated/α-hetero) is 1. The average molecular weight is 1040 g/mol. The lowest BCUT2D eigenvalue weighted by atomic mass is 9.88. The number of hydrogen-bond acceptors (Lipinski definition) is 13. The zero-order valence-electron chi connectivity index (χ0n) is 37.8. The van der Waals surface area contributed by atoms with Gasteiger partial charge in [-0.3, -0.25) is 28.8 Å². The quantitative estimate of drug-likeness (QED) is 0.0231. The molecular weight excluding hydrogens is 965 g/mol. The Morgan fingerprint density at radius 1 is 0.700 bits per heavy atom. The lowest BCUT2D eigenvalue weighted by Crippen LogP contribution is -2.47. The molecule has 0 aliphatic carbocycles. The molecule has 0 aromatic rings. The number of likely N-dealkylation sites (N-methyl/N-ethyl adjacent to an activating group) is 1. The molecule has 350 valence electrons. The Morgan fingerprint density at radius 3 is 1.70 bits per heavy atom. The predicted octanol–water partition coefficient (Wildman–Crippen LogP) is 3.85. The fraction of sp³-hybridized carbons (Fsp3) is 0.850. The lowest BCUT2D eigenvalue weighted by Gasteiger charge is -2.35. The first-order chi connectivity index (χ1) is 28.2. The molecule has 0 saturated carbocycles. The second-order valence-electron chi connectivity index (χ2n) is 16.8. The average Bonchev–Trinajstić information content (AvgIpc) is 3.17. The number of nitrogens with one attached hydrogen (secondary N) is 2. The summed E-state index contributed by atoms with van der Waals surface area (Å²) in [7, 11) is 7.91. The van der Waals surface area contributed by atoms with E-state index in [-0.39, 0.29) is 75.3 Å². The number of alkyl halides is 1. The SMILES string of the molecule is CPCC(C)(C)C(=O)OCC(COCC(=O)NCCOCCOCCCC(=O)C(CN(C)C)NC(=O)CI)(COC(=O)C(C)(C)CPC)COC(=O)C(C)(CCP)CPC. The van der Waals surface area contributed by atoms with Gasteiger partial charge in [-0.2, -0.15) is 0 Å². The summed E-state index contributed by atoms with van der Waals surface area (Å²) in [5, 5.41) is 5.52. The number of ether oxygens (including phenoxy) is 6. The number of rotatable bonds is 36.